The van der Waals surface area contributed by atoms with Gasteiger partial charge >= 0.3 is 0 Å². The second kappa shape index (κ2) is 9.64. The molecule has 33 heavy (non-hydrogen) atoms. The van der Waals surface area contributed by atoms with Crippen LogP contribution in [0.15, 0.2) is 35.0 Å². The fourth-order valence-electron chi connectivity index (χ4n) is 3.11. The van der Waals surface area contributed by atoms with E-state index in [1.807, 2.05) is 31.4 Å². The van der Waals surface area contributed by atoms with Crippen molar-refractivity contribution in [2.45, 2.75) is 11.8 Å². The maximum atomic E-state index is 13.2. The third-order valence-electron chi connectivity index (χ3n) is 4.66. The van der Waals surface area contributed by atoms with Crippen LogP contribution >= 0.6 is 11.3 Å². The molecule has 1 N–H and O–H groups in total. The summed E-state index contributed by atoms with van der Waals surface area (Å²) < 4.78 is 62.9. The first-order chi connectivity index (χ1) is 15.8. The zero-order valence-corrected chi connectivity index (χ0v) is 20.1. The number of nitrogens with one attached hydrogen (secondary N) is 1. The normalized spacial score (nSPS) is 13.2. The summed E-state index contributed by atoms with van der Waals surface area (Å²) in [5, 5.41) is 10.8. The number of fused-ring (bicyclic) bond motifs is 1. The average molecular weight is 513 g/mol. The fourth-order valence-corrected chi connectivity index (χ4v) is 6.34. The molecule has 4 aromatic rings. The van der Waals surface area contributed by atoms with E-state index in [1.54, 1.807) is 10.9 Å². The van der Waals surface area contributed by atoms with Crippen molar-refractivity contribution >= 4 is 42.3 Å². The zero-order chi connectivity index (χ0) is 23.6. The van der Waals surface area contributed by atoms with Gasteiger partial charge in [-0.2, -0.15) is 5.10 Å². The van der Waals surface area contributed by atoms with Gasteiger partial charge in [-0.25, -0.2) is 26.5 Å². The zero-order valence-electron chi connectivity index (χ0n) is 17.5. The Morgan fingerprint density at radius 1 is 1.27 bits per heavy atom. The van der Waals surface area contributed by atoms with Crippen molar-refractivity contribution in [1.82, 2.24) is 29.7 Å². The molecule has 1 atom stereocenters. The third kappa shape index (κ3) is 5.27. The van der Waals surface area contributed by atoms with Crippen LogP contribution in [0.25, 0.3) is 21.3 Å². The molecule has 0 radical (unpaired) electrons. The number of methoxy groups -OCH3 is 1. The highest BCUT2D eigenvalue weighted by atomic mass is 32.2. The first-order valence-electron chi connectivity index (χ1n) is 9.57. The van der Waals surface area contributed by atoms with E-state index in [0.717, 1.165) is 15.8 Å². The molecule has 0 saturated heterocycles. The minimum atomic E-state index is -3.84. The van der Waals surface area contributed by atoms with Crippen molar-refractivity contribution in [2.75, 3.05) is 19.5 Å². The number of sulfone groups is 1. The van der Waals surface area contributed by atoms with E-state index in [2.05, 4.69) is 25.0 Å². The van der Waals surface area contributed by atoms with Crippen LogP contribution in [0, 0.1) is 0 Å². The Hall–Kier alpha value is -2.72. The van der Waals surface area contributed by atoms with Crippen molar-refractivity contribution < 1.29 is 26.0 Å². The quantitative estimate of drug-likeness (QED) is 0.292. The molecule has 0 aliphatic rings. The molecule has 3 heterocycles. The highest BCUT2D eigenvalue weighted by Gasteiger charge is 2.36. The molecule has 1 unspecified atom stereocenters. The highest BCUT2D eigenvalue weighted by Crippen LogP contribution is 2.37. The van der Waals surface area contributed by atoms with Gasteiger partial charge in [0.2, 0.25) is 22.7 Å². The van der Waals surface area contributed by atoms with Crippen LogP contribution in [0.4, 0.5) is 0 Å². The van der Waals surface area contributed by atoms with E-state index in [9.17, 15) is 16.8 Å². The Morgan fingerprint density at radius 3 is 2.79 bits per heavy atom. The lowest BCUT2D eigenvalue weighted by molar-refractivity contribution is 0.217. The molecule has 15 heteroatoms. The molecule has 1 aromatic carbocycles. The summed E-state index contributed by atoms with van der Waals surface area (Å²) in [5.41, 5.74) is 2.46. The van der Waals surface area contributed by atoms with Gasteiger partial charge in [0.05, 0.1) is 35.3 Å². The Kier molecular flexibility index (Phi) is 6.85. The van der Waals surface area contributed by atoms with Gasteiger partial charge in [0, 0.05) is 25.9 Å². The molecular weight excluding hydrogens is 492 g/mol. The second-order valence-electron chi connectivity index (χ2n) is 7.00. The maximum absolute atomic E-state index is 13.2. The summed E-state index contributed by atoms with van der Waals surface area (Å²) >= 11 is 1.21. The van der Waals surface area contributed by atoms with Gasteiger partial charge < -0.3 is 9.15 Å². The van der Waals surface area contributed by atoms with Crippen LogP contribution in [-0.4, -0.2) is 61.3 Å². The molecule has 3 aromatic heterocycles. The molecule has 0 saturated carbocycles. The molecule has 0 amide bonds. The topological polar surface area (TPSA) is 159 Å². The summed E-state index contributed by atoms with van der Waals surface area (Å²) in [6.45, 7) is -0.265. The third-order valence-corrected chi connectivity index (χ3v) is 8.19. The van der Waals surface area contributed by atoms with Gasteiger partial charge in [0.1, 0.15) is 5.01 Å². The fraction of sp³-hybridized carbons (Fsp3) is 0.333. The van der Waals surface area contributed by atoms with Crippen molar-refractivity contribution in [3.63, 3.8) is 0 Å². The Morgan fingerprint density at radius 2 is 2.09 bits per heavy atom. The van der Waals surface area contributed by atoms with Crippen LogP contribution in [0.3, 0.4) is 0 Å². The maximum Gasteiger partial charge on any atom is 0.241 e. The van der Waals surface area contributed by atoms with E-state index in [-0.39, 0.29) is 35.7 Å². The summed E-state index contributed by atoms with van der Waals surface area (Å²) in [5.74, 6) is -0.528. The van der Waals surface area contributed by atoms with Crippen LogP contribution < -0.4 is 4.72 Å². The van der Waals surface area contributed by atoms with E-state index in [4.69, 9.17) is 9.15 Å². The molecule has 12 nitrogen and oxygen atoms in total. The minimum Gasteiger partial charge on any atom is -0.422 e. The number of rotatable bonds is 10. The Balaban J connectivity index is 1.75. The smallest absolute Gasteiger partial charge is 0.241 e. The minimum absolute atomic E-state index is 0.0198. The first kappa shape index (κ1) is 23.4. The summed E-state index contributed by atoms with van der Waals surface area (Å²) in [6, 6.07) is 5.61. The molecule has 0 aliphatic heterocycles. The number of benzene rings is 1. The number of aromatic nitrogens is 5. The van der Waals surface area contributed by atoms with E-state index in [1.165, 1.54) is 18.4 Å². The largest absolute Gasteiger partial charge is 0.422 e. The predicted molar refractivity (Wildman–Crippen MR) is 121 cm³/mol. The van der Waals surface area contributed by atoms with Crippen LogP contribution in [0.5, 0.6) is 0 Å². The van der Waals surface area contributed by atoms with Gasteiger partial charge in [-0.1, -0.05) is 6.07 Å². The van der Waals surface area contributed by atoms with Crippen LogP contribution in [-0.2, 0) is 39.1 Å². The molecular formula is C18H20N6O6S3. The molecule has 0 spiro atoms. The molecule has 0 fully saturated rings. The molecule has 0 aliphatic carbocycles. The SMILES string of the molecule is COCCS(=O)(=O)C(c1nnc(CN[SH](=O)=O)o1)c1nc2ccc(-c3cnn(C)c3)cc2s1. The van der Waals surface area contributed by atoms with Crippen LogP contribution in [0.2, 0.25) is 0 Å². The number of thiol groups is 1. The van der Waals surface area contributed by atoms with Gasteiger partial charge in [-0.3, -0.25) is 4.68 Å². The van der Waals surface area contributed by atoms with Crippen molar-refractivity contribution in [2.24, 2.45) is 7.05 Å². The monoisotopic (exact) mass is 512 g/mol. The number of ether oxygens (including phenoxy) is 1. The van der Waals surface area contributed by atoms with E-state index >= 15 is 0 Å². The van der Waals surface area contributed by atoms with Crippen LogP contribution in [0.1, 0.15) is 22.0 Å². The Labute approximate surface area is 194 Å². The lowest BCUT2D eigenvalue weighted by atomic mass is 10.1. The van der Waals surface area contributed by atoms with E-state index in [0.29, 0.717) is 5.52 Å². The number of hydrogen-bond donors (Lipinski definition) is 2. The van der Waals surface area contributed by atoms with Crippen molar-refractivity contribution in [3.8, 4) is 11.1 Å². The van der Waals surface area contributed by atoms with E-state index < -0.39 is 26.0 Å². The van der Waals surface area contributed by atoms with Gasteiger partial charge in [-0.15, -0.1) is 21.5 Å². The number of nitrogens with zero attached hydrogens (tertiary/aromatic N) is 5. The average Bonchev–Trinajstić information content (AvgIpc) is 3.50. The summed E-state index contributed by atoms with van der Waals surface area (Å²) in [4.78, 5) is 4.52. The summed E-state index contributed by atoms with van der Waals surface area (Å²) in [7, 11) is -3.48. The number of hydrogen-bond acceptors (Lipinski definition) is 11. The number of aryl methyl sites for hydroxylation is 1. The molecule has 0 bridgehead atoms. The predicted octanol–water partition coefficient (Wildman–Crippen LogP) is 0.846. The highest BCUT2D eigenvalue weighted by molar-refractivity contribution is 7.92. The van der Waals surface area contributed by atoms with Gasteiger partial charge in [-0.05, 0) is 17.7 Å². The van der Waals surface area contributed by atoms with Crippen molar-refractivity contribution in [3.05, 3.63) is 47.4 Å². The first-order valence-corrected chi connectivity index (χ1v) is 13.3. The second-order valence-corrected chi connectivity index (χ2v) is 11.1. The molecule has 176 valence electrons. The lowest BCUT2D eigenvalue weighted by Crippen LogP contribution is -2.21. The summed E-state index contributed by atoms with van der Waals surface area (Å²) in [6.07, 6.45) is 3.62. The number of thiazole rings is 1. The Bertz CT molecular complexity index is 1450. The van der Waals surface area contributed by atoms with Gasteiger partial charge in [0.25, 0.3) is 0 Å². The van der Waals surface area contributed by atoms with Gasteiger partial charge in [0.15, 0.2) is 15.1 Å². The van der Waals surface area contributed by atoms with Crippen molar-refractivity contribution in [1.29, 1.82) is 0 Å². The molecule has 4 rings (SSSR count). The standard InChI is InChI=1S/C18H20N6O6S3/c1-24-10-12(8-19-24)11-3-4-13-14(7-11)31-18(21-13)16(33(27,28)6-5-29-2)17-23-22-15(30-17)9-20-32(25)26/h3-4,7-8,10,16,32H,5-6,9H2,1-2H3,(H,20,25,26). The lowest BCUT2D eigenvalue weighted by Gasteiger charge is -2.11.